The van der Waals surface area contributed by atoms with Crippen LogP contribution in [-0.2, 0) is 23.7 Å². The summed E-state index contributed by atoms with van der Waals surface area (Å²) in [5.74, 6) is -0.331. The highest BCUT2D eigenvalue weighted by Gasteiger charge is 2.29. The molecule has 0 N–H and O–H groups in total. The molecule has 0 aromatic rings. The van der Waals surface area contributed by atoms with Gasteiger partial charge in [0.05, 0.1) is 6.10 Å². The van der Waals surface area contributed by atoms with Crippen LogP contribution < -0.4 is 0 Å². The Hall–Kier alpha value is -0.750. The van der Waals surface area contributed by atoms with E-state index in [9.17, 15) is 4.79 Å². The second-order valence-corrected chi connectivity index (χ2v) is 4.46. The largest absolute Gasteiger partial charge is 0.374 e. The predicted octanol–water partition coefficient (Wildman–Crippen LogP) is 2.59. The van der Waals surface area contributed by atoms with Crippen molar-refractivity contribution in [3.63, 3.8) is 0 Å². The van der Waals surface area contributed by atoms with Gasteiger partial charge in [-0.3, -0.25) is 0 Å². The van der Waals surface area contributed by atoms with Gasteiger partial charge in [0, 0.05) is 32.3 Å². The zero-order valence-corrected chi connectivity index (χ0v) is 13.7. The van der Waals surface area contributed by atoms with Gasteiger partial charge in [-0.2, -0.15) is 0 Å². The van der Waals surface area contributed by atoms with Crippen LogP contribution in [0.3, 0.4) is 0 Å². The summed E-state index contributed by atoms with van der Waals surface area (Å²) >= 11 is 0. The third-order valence-electron chi connectivity index (χ3n) is 3.04. The van der Waals surface area contributed by atoms with Gasteiger partial charge in [-0.1, -0.05) is 6.08 Å². The molecule has 3 atom stereocenters. The molecule has 5 nitrogen and oxygen atoms in total. The molecule has 124 valence electrons. The Morgan fingerprint density at radius 2 is 1.43 bits per heavy atom. The van der Waals surface area contributed by atoms with Crippen LogP contribution in [0.4, 0.5) is 0 Å². The molecule has 0 heterocycles. The van der Waals surface area contributed by atoms with Crippen molar-refractivity contribution in [3.05, 3.63) is 12.7 Å². The number of carbonyl (C=O) groups excluding carboxylic acids is 1. The van der Waals surface area contributed by atoms with Gasteiger partial charge in [0.1, 0.15) is 12.4 Å². The third-order valence-corrected chi connectivity index (χ3v) is 3.04. The van der Waals surface area contributed by atoms with E-state index in [4.69, 9.17) is 18.9 Å². The second-order valence-electron chi connectivity index (χ2n) is 4.46. The number of carbonyl (C=O) groups is 1. The van der Waals surface area contributed by atoms with Crippen molar-refractivity contribution in [2.45, 2.75) is 52.6 Å². The van der Waals surface area contributed by atoms with Crippen LogP contribution in [0.1, 0.15) is 34.1 Å². The van der Waals surface area contributed by atoms with Crippen molar-refractivity contribution in [2.24, 2.45) is 5.92 Å². The van der Waals surface area contributed by atoms with Crippen LogP contribution in [0.2, 0.25) is 0 Å². The highest BCUT2D eigenvalue weighted by Crippen LogP contribution is 2.20. The van der Waals surface area contributed by atoms with E-state index in [1.807, 2.05) is 27.7 Å². The summed E-state index contributed by atoms with van der Waals surface area (Å²) in [6, 6.07) is 0. The van der Waals surface area contributed by atoms with Crippen LogP contribution in [0.25, 0.3) is 0 Å². The smallest absolute Gasteiger partial charge is 0.183 e. The molecule has 0 amide bonds. The lowest BCUT2D eigenvalue weighted by atomic mass is 9.96. The molecule has 0 aliphatic carbocycles. The lowest BCUT2D eigenvalue weighted by molar-refractivity contribution is -0.207. The van der Waals surface area contributed by atoms with E-state index in [0.29, 0.717) is 32.8 Å². The molecule has 0 fully saturated rings. The Bertz CT molecular complexity index is 263. The van der Waals surface area contributed by atoms with E-state index >= 15 is 0 Å². The van der Waals surface area contributed by atoms with Gasteiger partial charge in [0.25, 0.3) is 0 Å². The number of hydrogen-bond donors (Lipinski definition) is 0. The van der Waals surface area contributed by atoms with Gasteiger partial charge in [0.2, 0.25) is 0 Å². The summed E-state index contributed by atoms with van der Waals surface area (Å²) in [5, 5.41) is 0. The molecule has 0 aromatic carbocycles. The first-order valence-corrected chi connectivity index (χ1v) is 7.72. The van der Waals surface area contributed by atoms with E-state index < -0.39 is 6.29 Å². The molecule has 21 heavy (non-hydrogen) atoms. The zero-order valence-electron chi connectivity index (χ0n) is 13.7. The standard InChI is InChI=1S/C16H30O5/c1-6-14(18-7-2)13(12-17)11-15(19-8-3)16(20-9-4)21-10-5/h6,12-16H,1,7-11H2,2-5H3. The highest BCUT2D eigenvalue weighted by molar-refractivity contribution is 5.55. The number of rotatable bonds is 14. The van der Waals surface area contributed by atoms with Crippen molar-refractivity contribution in [1.82, 2.24) is 0 Å². The zero-order chi connectivity index (χ0) is 16.1. The number of ether oxygens (including phenoxy) is 4. The highest BCUT2D eigenvalue weighted by atomic mass is 16.7. The van der Waals surface area contributed by atoms with E-state index in [-0.39, 0.29) is 18.1 Å². The minimum absolute atomic E-state index is 0.312. The number of hydrogen-bond acceptors (Lipinski definition) is 5. The Labute approximate surface area is 128 Å². The monoisotopic (exact) mass is 302 g/mol. The van der Waals surface area contributed by atoms with Gasteiger partial charge in [-0.25, -0.2) is 0 Å². The summed E-state index contributed by atoms with van der Waals surface area (Å²) in [6.45, 7) is 13.4. The van der Waals surface area contributed by atoms with Crippen molar-refractivity contribution in [1.29, 1.82) is 0 Å². The minimum Gasteiger partial charge on any atom is -0.374 e. The van der Waals surface area contributed by atoms with Crippen molar-refractivity contribution in [2.75, 3.05) is 26.4 Å². The van der Waals surface area contributed by atoms with Crippen LogP contribution in [0.15, 0.2) is 12.7 Å². The molecule has 0 aromatic heterocycles. The van der Waals surface area contributed by atoms with Gasteiger partial charge >= 0.3 is 0 Å². The van der Waals surface area contributed by atoms with Gasteiger partial charge in [-0.15, -0.1) is 6.58 Å². The summed E-state index contributed by atoms with van der Waals surface area (Å²) in [7, 11) is 0. The van der Waals surface area contributed by atoms with E-state index in [1.54, 1.807) is 6.08 Å². The minimum atomic E-state index is -0.477. The first kappa shape index (κ1) is 20.2. The molecule has 0 aliphatic heterocycles. The van der Waals surface area contributed by atoms with Gasteiger partial charge in [-0.05, 0) is 34.1 Å². The average molecular weight is 302 g/mol. The molecule has 0 saturated heterocycles. The lowest BCUT2D eigenvalue weighted by Crippen LogP contribution is -2.38. The molecular formula is C16H30O5. The fraction of sp³-hybridized carbons (Fsp3) is 0.812. The molecule has 5 heteroatoms. The summed E-state index contributed by atoms with van der Waals surface area (Å²) in [6.07, 6.45) is 1.91. The average Bonchev–Trinajstić information content (AvgIpc) is 2.49. The topological polar surface area (TPSA) is 54.0 Å². The fourth-order valence-electron chi connectivity index (χ4n) is 2.16. The maximum absolute atomic E-state index is 11.4. The molecule has 0 aliphatic rings. The van der Waals surface area contributed by atoms with Crippen LogP contribution in [-0.4, -0.2) is 51.2 Å². The first-order valence-electron chi connectivity index (χ1n) is 7.72. The van der Waals surface area contributed by atoms with Gasteiger partial charge in [0.15, 0.2) is 6.29 Å². The quantitative estimate of drug-likeness (QED) is 0.280. The summed E-state index contributed by atoms with van der Waals surface area (Å²) < 4.78 is 22.4. The normalized spacial score (nSPS) is 15.7. The lowest BCUT2D eigenvalue weighted by Gasteiger charge is -2.30. The van der Waals surface area contributed by atoms with Crippen molar-refractivity contribution >= 4 is 6.29 Å². The van der Waals surface area contributed by atoms with E-state index in [1.165, 1.54) is 0 Å². The second kappa shape index (κ2) is 13.0. The summed E-state index contributed by atoms with van der Waals surface area (Å²) in [4.78, 5) is 11.4. The van der Waals surface area contributed by atoms with Crippen molar-refractivity contribution < 1.29 is 23.7 Å². The molecule has 3 unspecified atom stereocenters. The van der Waals surface area contributed by atoms with Gasteiger partial charge < -0.3 is 23.7 Å². The Kier molecular flexibility index (Phi) is 12.5. The summed E-state index contributed by atoms with van der Waals surface area (Å²) in [5.41, 5.74) is 0. The number of aldehydes is 1. The van der Waals surface area contributed by atoms with E-state index in [2.05, 4.69) is 6.58 Å². The molecular weight excluding hydrogens is 272 g/mol. The molecule has 0 spiro atoms. The first-order chi connectivity index (χ1) is 10.2. The maximum atomic E-state index is 11.4. The Morgan fingerprint density at radius 3 is 1.81 bits per heavy atom. The molecule has 0 saturated carbocycles. The van der Waals surface area contributed by atoms with Crippen molar-refractivity contribution in [3.8, 4) is 0 Å². The molecule has 0 rings (SSSR count). The molecule has 0 bridgehead atoms. The van der Waals surface area contributed by atoms with Crippen LogP contribution in [0, 0.1) is 5.92 Å². The fourth-order valence-corrected chi connectivity index (χ4v) is 2.16. The predicted molar refractivity (Wildman–Crippen MR) is 82.2 cm³/mol. The molecule has 0 radical (unpaired) electrons. The Morgan fingerprint density at radius 1 is 0.905 bits per heavy atom. The van der Waals surface area contributed by atoms with Crippen LogP contribution >= 0.6 is 0 Å². The van der Waals surface area contributed by atoms with Crippen LogP contribution in [0.5, 0.6) is 0 Å². The third kappa shape index (κ3) is 7.71. The maximum Gasteiger partial charge on any atom is 0.183 e. The Balaban J connectivity index is 4.89. The SMILES string of the molecule is C=CC(OCC)C(C=O)CC(OCC)C(OCC)OCC. The van der Waals surface area contributed by atoms with E-state index in [0.717, 1.165) is 6.29 Å².